The highest BCUT2D eigenvalue weighted by atomic mass is 35.5. The zero-order chi connectivity index (χ0) is 15.2. The van der Waals surface area contributed by atoms with Gasteiger partial charge < -0.3 is 20.2 Å². The summed E-state index contributed by atoms with van der Waals surface area (Å²) in [5.74, 6) is -0.689. The Labute approximate surface area is 125 Å². The van der Waals surface area contributed by atoms with E-state index in [1.54, 1.807) is 24.3 Å². The number of amides is 2. The molecule has 0 spiro atoms. The fourth-order valence-electron chi connectivity index (χ4n) is 1.63. The Morgan fingerprint density at radius 3 is 2.43 bits per heavy atom. The molecular weight excluding hydrogens is 296 g/mol. The van der Waals surface area contributed by atoms with Crippen molar-refractivity contribution >= 4 is 29.1 Å². The second kappa shape index (κ2) is 6.92. The summed E-state index contributed by atoms with van der Waals surface area (Å²) in [6.45, 7) is 0.0711. The van der Waals surface area contributed by atoms with Crippen molar-refractivity contribution in [1.82, 2.24) is 5.32 Å². The Hall–Kier alpha value is -2.31. The molecule has 0 radical (unpaired) electrons. The summed E-state index contributed by atoms with van der Waals surface area (Å²) >= 11 is 5.72. The van der Waals surface area contributed by atoms with Gasteiger partial charge in [0, 0.05) is 17.8 Å². The molecule has 110 valence electrons. The third-order valence-electron chi connectivity index (χ3n) is 2.66. The number of furan rings is 1. The highest BCUT2D eigenvalue weighted by Gasteiger charge is 2.13. The molecule has 0 fully saturated rings. The molecule has 0 bridgehead atoms. The van der Waals surface area contributed by atoms with Crippen molar-refractivity contribution in [3.8, 4) is 0 Å². The molecule has 0 aliphatic carbocycles. The van der Waals surface area contributed by atoms with Gasteiger partial charge in [0.25, 0.3) is 11.8 Å². The van der Waals surface area contributed by atoms with E-state index >= 15 is 0 Å². The van der Waals surface area contributed by atoms with Gasteiger partial charge in [0.05, 0.1) is 18.4 Å². The van der Waals surface area contributed by atoms with E-state index in [0.29, 0.717) is 11.3 Å². The summed E-state index contributed by atoms with van der Waals surface area (Å²) in [4.78, 5) is 23.5. The molecule has 3 N–H and O–H groups in total. The Kier molecular flexibility index (Phi) is 4.97. The third-order valence-corrected chi connectivity index (χ3v) is 2.96. The van der Waals surface area contributed by atoms with Gasteiger partial charge in [-0.05, 0) is 41.9 Å². The number of carbonyl (C=O) groups excluding carboxylic acids is 2. The molecule has 21 heavy (non-hydrogen) atoms. The van der Waals surface area contributed by atoms with E-state index in [-0.39, 0.29) is 29.8 Å². The van der Waals surface area contributed by atoms with Crippen molar-refractivity contribution in [2.45, 2.75) is 0 Å². The number of anilines is 1. The number of aliphatic hydroxyl groups is 1. The summed E-state index contributed by atoms with van der Waals surface area (Å²) in [6.07, 6.45) is 1.33. The first-order valence-corrected chi connectivity index (χ1v) is 6.53. The SMILES string of the molecule is O=C(NCCO)c1ccc(NC(=O)c2ccoc2Cl)cc1. The first kappa shape index (κ1) is 15.1. The van der Waals surface area contributed by atoms with Crippen LogP contribution in [0.25, 0.3) is 0 Å². The topological polar surface area (TPSA) is 91.6 Å². The lowest BCUT2D eigenvalue weighted by Gasteiger charge is -2.06. The second-order valence-electron chi connectivity index (χ2n) is 4.12. The molecule has 7 heteroatoms. The number of nitrogens with one attached hydrogen (secondary N) is 2. The largest absolute Gasteiger partial charge is 0.452 e. The molecule has 2 amide bonds. The molecule has 2 rings (SSSR count). The van der Waals surface area contributed by atoms with Crippen LogP contribution >= 0.6 is 11.6 Å². The first-order valence-electron chi connectivity index (χ1n) is 6.15. The minimum absolute atomic E-state index is 0.0208. The number of halogens is 1. The van der Waals surface area contributed by atoms with Crippen molar-refractivity contribution in [3.63, 3.8) is 0 Å². The Bertz CT molecular complexity index is 637. The summed E-state index contributed by atoms with van der Waals surface area (Å²) in [5.41, 5.74) is 1.19. The summed E-state index contributed by atoms with van der Waals surface area (Å²) in [6, 6.07) is 7.80. The van der Waals surface area contributed by atoms with Crippen molar-refractivity contribution in [1.29, 1.82) is 0 Å². The van der Waals surface area contributed by atoms with Crippen LogP contribution in [0.2, 0.25) is 5.22 Å². The number of hydrogen-bond donors (Lipinski definition) is 3. The average Bonchev–Trinajstić information content (AvgIpc) is 2.91. The van der Waals surface area contributed by atoms with Gasteiger partial charge >= 0.3 is 0 Å². The van der Waals surface area contributed by atoms with E-state index in [1.807, 2.05) is 0 Å². The van der Waals surface area contributed by atoms with Crippen LogP contribution in [0.15, 0.2) is 41.0 Å². The molecule has 0 unspecified atom stereocenters. The van der Waals surface area contributed by atoms with E-state index in [1.165, 1.54) is 12.3 Å². The zero-order valence-electron chi connectivity index (χ0n) is 10.9. The van der Waals surface area contributed by atoms with Gasteiger partial charge in [-0.3, -0.25) is 9.59 Å². The van der Waals surface area contributed by atoms with Crippen LogP contribution in [0.5, 0.6) is 0 Å². The fourth-order valence-corrected chi connectivity index (χ4v) is 1.83. The van der Waals surface area contributed by atoms with Gasteiger partial charge in [0.2, 0.25) is 5.22 Å². The van der Waals surface area contributed by atoms with Crippen LogP contribution in [-0.2, 0) is 0 Å². The van der Waals surface area contributed by atoms with Crippen LogP contribution in [0.3, 0.4) is 0 Å². The van der Waals surface area contributed by atoms with Gasteiger partial charge in [-0.1, -0.05) is 0 Å². The average molecular weight is 309 g/mol. The zero-order valence-corrected chi connectivity index (χ0v) is 11.7. The standard InChI is InChI=1S/C14H13ClN2O4/c15-12-11(5-8-21-12)14(20)17-10-3-1-9(2-4-10)13(19)16-6-7-18/h1-5,8,18H,6-7H2,(H,16,19)(H,17,20). The maximum atomic E-state index is 11.9. The molecule has 1 heterocycles. The van der Waals surface area contributed by atoms with E-state index in [4.69, 9.17) is 21.1 Å². The van der Waals surface area contributed by atoms with Crippen LogP contribution in [0, 0.1) is 0 Å². The van der Waals surface area contributed by atoms with Crippen molar-refractivity contribution in [3.05, 3.63) is 52.9 Å². The highest BCUT2D eigenvalue weighted by Crippen LogP contribution is 2.18. The lowest BCUT2D eigenvalue weighted by Crippen LogP contribution is -2.26. The number of hydrogen-bond acceptors (Lipinski definition) is 4. The lowest BCUT2D eigenvalue weighted by atomic mass is 10.2. The smallest absolute Gasteiger partial charge is 0.260 e. The third kappa shape index (κ3) is 3.84. The Morgan fingerprint density at radius 1 is 1.14 bits per heavy atom. The molecule has 0 atom stereocenters. The molecule has 1 aromatic carbocycles. The lowest BCUT2D eigenvalue weighted by molar-refractivity contribution is 0.0944. The normalized spacial score (nSPS) is 10.2. The van der Waals surface area contributed by atoms with Crippen LogP contribution in [0.1, 0.15) is 20.7 Å². The fraction of sp³-hybridized carbons (Fsp3) is 0.143. The van der Waals surface area contributed by atoms with Gasteiger partial charge in [0.1, 0.15) is 0 Å². The molecule has 1 aromatic heterocycles. The maximum absolute atomic E-state index is 11.9. The van der Waals surface area contributed by atoms with Crippen molar-refractivity contribution < 1.29 is 19.1 Å². The predicted molar refractivity (Wildman–Crippen MR) is 77.5 cm³/mol. The second-order valence-corrected chi connectivity index (χ2v) is 4.46. The molecular formula is C14H13ClN2O4. The van der Waals surface area contributed by atoms with E-state index in [9.17, 15) is 9.59 Å². The quantitative estimate of drug-likeness (QED) is 0.787. The molecule has 6 nitrogen and oxygen atoms in total. The Balaban J connectivity index is 2.01. The number of benzene rings is 1. The van der Waals surface area contributed by atoms with Crippen LogP contribution in [0.4, 0.5) is 5.69 Å². The van der Waals surface area contributed by atoms with E-state index in [2.05, 4.69) is 10.6 Å². The number of carbonyl (C=O) groups is 2. The van der Waals surface area contributed by atoms with E-state index in [0.717, 1.165) is 0 Å². The number of aliphatic hydroxyl groups excluding tert-OH is 1. The predicted octanol–water partition coefficient (Wildman–Crippen LogP) is 1.91. The molecule has 0 aliphatic rings. The van der Waals surface area contributed by atoms with Gasteiger partial charge in [0.15, 0.2) is 0 Å². The van der Waals surface area contributed by atoms with Crippen LogP contribution < -0.4 is 10.6 Å². The van der Waals surface area contributed by atoms with Crippen LogP contribution in [-0.4, -0.2) is 30.1 Å². The number of rotatable bonds is 5. The molecule has 0 saturated carbocycles. The van der Waals surface area contributed by atoms with Crippen molar-refractivity contribution in [2.75, 3.05) is 18.5 Å². The van der Waals surface area contributed by atoms with Gasteiger partial charge in [-0.2, -0.15) is 0 Å². The minimum Gasteiger partial charge on any atom is -0.452 e. The molecule has 2 aromatic rings. The van der Waals surface area contributed by atoms with Crippen molar-refractivity contribution in [2.24, 2.45) is 0 Å². The van der Waals surface area contributed by atoms with Gasteiger partial charge in [-0.25, -0.2) is 0 Å². The summed E-state index contributed by atoms with van der Waals surface area (Å²) in [7, 11) is 0. The van der Waals surface area contributed by atoms with E-state index < -0.39 is 5.91 Å². The van der Waals surface area contributed by atoms with Gasteiger partial charge in [-0.15, -0.1) is 0 Å². The maximum Gasteiger partial charge on any atom is 0.260 e. The monoisotopic (exact) mass is 308 g/mol. The first-order chi connectivity index (χ1) is 10.1. The minimum atomic E-state index is -0.397. The summed E-state index contributed by atoms with van der Waals surface area (Å²) < 4.78 is 4.84. The molecule has 0 aliphatic heterocycles. The highest BCUT2D eigenvalue weighted by molar-refractivity contribution is 6.32. The Morgan fingerprint density at radius 2 is 1.86 bits per heavy atom. The molecule has 0 saturated heterocycles. The summed E-state index contributed by atoms with van der Waals surface area (Å²) in [5, 5.41) is 13.8.